The first-order chi connectivity index (χ1) is 17.2. The quantitative estimate of drug-likeness (QED) is 0.297. The average Bonchev–Trinajstić information content (AvgIpc) is 3.37. The van der Waals surface area contributed by atoms with Crippen molar-refractivity contribution in [2.75, 3.05) is 23.0 Å². The zero-order valence-electron chi connectivity index (χ0n) is 19.8. The lowest BCUT2D eigenvalue weighted by atomic mass is 9.66. The van der Waals surface area contributed by atoms with Gasteiger partial charge in [0.2, 0.25) is 11.8 Å². The number of cyclic esters (lactones) is 1. The number of imide groups is 2. The third-order valence-corrected chi connectivity index (χ3v) is 8.31. The van der Waals surface area contributed by atoms with Crippen molar-refractivity contribution in [3.8, 4) is 0 Å². The number of alkyl halides is 1. The number of nitrogens with one attached hydrogen (secondary N) is 2. The summed E-state index contributed by atoms with van der Waals surface area (Å²) in [6.45, 7) is 6.30. The summed E-state index contributed by atoms with van der Waals surface area (Å²) in [5.41, 5.74) is 1.41. The van der Waals surface area contributed by atoms with E-state index in [-0.39, 0.29) is 25.2 Å². The maximum Gasteiger partial charge on any atom is 0.416 e. The molecule has 1 aromatic heterocycles. The lowest BCUT2D eigenvalue weighted by Gasteiger charge is -2.55. The van der Waals surface area contributed by atoms with E-state index in [1.807, 2.05) is 26.8 Å². The van der Waals surface area contributed by atoms with Gasteiger partial charge in [-0.15, -0.1) is 0 Å². The van der Waals surface area contributed by atoms with Crippen LogP contribution in [0.2, 0.25) is 0 Å². The molecular formula is C23H24IN5O7. The molecule has 4 aliphatic rings. The number of carbonyl (C=O) groups excluding carboxylic acids is 4. The number of amides is 5. The standard InChI is InChI=1S/C23H24IN5O7/c1-9-8-34-22(33)29(9)18-13-4-12-5-23(19(30)25-21(32)26-20(23)31)17-11(3)35-10(2)7-28(17)15(12)14(6-24)16(13)36-27-18/h4,9-11,17H,5-8H2,1-3H3,(H2,25,26,30,31,32)/t9-,10+,11-,17+/m0/s1. The zero-order valence-corrected chi connectivity index (χ0v) is 22.0. The summed E-state index contributed by atoms with van der Waals surface area (Å²) in [7, 11) is 0. The van der Waals surface area contributed by atoms with Crippen molar-refractivity contribution in [1.82, 2.24) is 15.8 Å². The van der Waals surface area contributed by atoms with Crippen molar-refractivity contribution in [1.29, 1.82) is 0 Å². The van der Waals surface area contributed by atoms with Gasteiger partial charge in [-0.3, -0.25) is 25.1 Å². The van der Waals surface area contributed by atoms with Gasteiger partial charge >= 0.3 is 12.1 Å². The highest BCUT2D eigenvalue weighted by Crippen LogP contribution is 2.51. The topological polar surface area (TPSA) is 143 Å². The summed E-state index contributed by atoms with van der Waals surface area (Å²) in [4.78, 5) is 54.8. The molecular weight excluding hydrogens is 585 g/mol. The van der Waals surface area contributed by atoms with E-state index in [9.17, 15) is 19.2 Å². The number of carbonyl (C=O) groups is 4. The Labute approximate surface area is 219 Å². The molecule has 1 spiro atoms. The molecule has 4 aliphatic heterocycles. The fraction of sp³-hybridized carbons (Fsp3) is 0.522. The predicted molar refractivity (Wildman–Crippen MR) is 134 cm³/mol. The number of benzene rings is 1. The van der Waals surface area contributed by atoms with Gasteiger partial charge in [0.1, 0.15) is 6.61 Å². The number of rotatable bonds is 2. The molecule has 0 saturated carbocycles. The number of halogens is 1. The molecule has 5 heterocycles. The van der Waals surface area contributed by atoms with Crippen molar-refractivity contribution in [3.63, 3.8) is 0 Å². The molecule has 5 amide bonds. The van der Waals surface area contributed by atoms with Crippen LogP contribution >= 0.6 is 22.6 Å². The molecule has 6 rings (SSSR count). The number of anilines is 2. The lowest BCUT2D eigenvalue weighted by molar-refractivity contribution is -0.153. The molecule has 0 aliphatic carbocycles. The molecule has 0 bridgehead atoms. The normalized spacial score (nSPS) is 29.2. The molecule has 0 unspecified atom stereocenters. The second-order valence-corrected chi connectivity index (χ2v) is 10.6. The predicted octanol–water partition coefficient (Wildman–Crippen LogP) is 2.00. The Kier molecular flexibility index (Phi) is 5.23. The van der Waals surface area contributed by atoms with Gasteiger partial charge in [-0.2, -0.15) is 0 Å². The highest BCUT2D eigenvalue weighted by Gasteiger charge is 2.63. The molecule has 2 N–H and O–H groups in total. The number of morpholine rings is 1. The highest BCUT2D eigenvalue weighted by atomic mass is 127. The number of fused-ring (bicyclic) bond motifs is 5. The molecule has 13 heteroatoms. The van der Waals surface area contributed by atoms with E-state index >= 15 is 0 Å². The van der Waals surface area contributed by atoms with Crippen LogP contribution in [0.1, 0.15) is 31.9 Å². The van der Waals surface area contributed by atoms with E-state index in [0.717, 1.165) is 16.8 Å². The van der Waals surface area contributed by atoms with Gasteiger partial charge in [-0.25, -0.2) is 9.59 Å². The number of aromatic nitrogens is 1. The molecule has 0 radical (unpaired) electrons. The summed E-state index contributed by atoms with van der Waals surface area (Å²) in [5.74, 6) is -0.970. The van der Waals surface area contributed by atoms with Gasteiger partial charge in [-0.05, 0) is 38.8 Å². The third kappa shape index (κ3) is 3.04. The number of urea groups is 1. The maximum absolute atomic E-state index is 13.4. The number of ether oxygens (including phenoxy) is 2. The monoisotopic (exact) mass is 609 g/mol. The minimum Gasteiger partial charge on any atom is -0.447 e. The maximum atomic E-state index is 13.4. The first-order valence-electron chi connectivity index (χ1n) is 11.7. The van der Waals surface area contributed by atoms with E-state index in [2.05, 4.69) is 43.3 Å². The van der Waals surface area contributed by atoms with Crippen LogP contribution in [-0.4, -0.2) is 66.5 Å². The van der Waals surface area contributed by atoms with Gasteiger partial charge in [0.05, 0.1) is 29.7 Å². The Balaban J connectivity index is 1.61. The summed E-state index contributed by atoms with van der Waals surface area (Å²) in [5, 5.41) is 9.44. The Hall–Kier alpha value is -2.94. The van der Waals surface area contributed by atoms with Crippen molar-refractivity contribution in [2.24, 2.45) is 5.41 Å². The summed E-state index contributed by atoms with van der Waals surface area (Å²) in [6, 6.07) is 0.119. The van der Waals surface area contributed by atoms with Crippen LogP contribution < -0.4 is 20.4 Å². The molecule has 36 heavy (non-hydrogen) atoms. The number of hydrogen-bond donors (Lipinski definition) is 2. The van der Waals surface area contributed by atoms with E-state index in [0.29, 0.717) is 27.8 Å². The SMILES string of the molecule is C[C@@H]1CN2c3c(cc4c(N5C(=O)OC[C@@H]5C)noc4c3CI)CC3(C(=O)NC(=O)NC3=O)[C@H]2[C@H](C)O1. The summed E-state index contributed by atoms with van der Waals surface area (Å²) >= 11 is 2.25. The molecule has 2 aromatic rings. The van der Waals surface area contributed by atoms with Crippen molar-refractivity contribution >= 4 is 69.0 Å². The largest absolute Gasteiger partial charge is 0.447 e. The van der Waals surface area contributed by atoms with Gasteiger partial charge in [0, 0.05) is 22.2 Å². The second-order valence-electron chi connectivity index (χ2n) is 9.81. The molecule has 190 valence electrons. The second kappa shape index (κ2) is 8.03. The first-order valence-corrected chi connectivity index (χ1v) is 13.2. The minimum absolute atomic E-state index is 0.0424. The van der Waals surface area contributed by atoms with E-state index in [1.165, 1.54) is 4.90 Å². The number of nitrogens with zero attached hydrogens (tertiary/aromatic N) is 3. The first kappa shape index (κ1) is 23.5. The van der Waals surface area contributed by atoms with Crippen molar-refractivity contribution in [2.45, 2.75) is 55.9 Å². The average molecular weight is 609 g/mol. The summed E-state index contributed by atoms with van der Waals surface area (Å²) in [6.07, 6.45) is -1.11. The van der Waals surface area contributed by atoms with E-state index < -0.39 is 41.5 Å². The zero-order chi connectivity index (χ0) is 25.5. The Morgan fingerprint density at radius 3 is 2.53 bits per heavy atom. The molecule has 1 aromatic carbocycles. The van der Waals surface area contributed by atoms with E-state index in [4.69, 9.17) is 14.0 Å². The van der Waals surface area contributed by atoms with Crippen LogP contribution in [0.4, 0.5) is 21.1 Å². The lowest BCUT2D eigenvalue weighted by Crippen LogP contribution is -2.75. The molecule has 3 fully saturated rings. The minimum atomic E-state index is -1.59. The smallest absolute Gasteiger partial charge is 0.416 e. The van der Waals surface area contributed by atoms with Crippen molar-refractivity contribution in [3.05, 3.63) is 17.2 Å². The van der Waals surface area contributed by atoms with Crippen LogP contribution in [0, 0.1) is 5.41 Å². The van der Waals surface area contributed by atoms with Crippen LogP contribution in [-0.2, 0) is 29.9 Å². The number of hydrogen-bond acceptors (Lipinski definition) is 9. The van der Waals surface area contributed by atoms with Crippen molar-refractivity contribution < 1.29 is 33.2 Å². The Bertz CT molecular complexity index is 1320. The third-order valence-electron chi connectivity index (χ3n) is 7.55. The van der Waals surface area contributed by atoms with Crippen LogP contribution in [0.15, 0.2) is 10.6 Å². The molecule has 12 nitrogen and oxygen atoms in total. The summed E-state index contributed by atoms with van der Waals surface area (Å²) < 4.78 is 17.6. The van der Waals surface area contributed by atoms with E-state index in [1.54, 1.807) is 0 Å². The van der Waals surface area contributed by atoms with Crippen LogP contribution in [0.3, 0.4) is 0 Å². The molecule has 4 atom stereocenters. The fourth-order valence-corrected chi connectivity index (χ4v) is 6.91. The van der Waals surface area contributed by atoms with Crippen LogP contribution in [0.25, 0.3) is 11.0 Å². The van der Waals surface area contributed by atoms with Gasteiger partial charge in [0.25, 0.3) is 0 Å². The fourth-order valence-electron chi connectivity index (χ4n) is 6.20. The highest BCUT2D eigenvalue weighted by molar-refractivity contribution is 14.1. The molecule has 3 saturated heterocycles. The van der Waals surface area contributed by atoms with Crippen LogP contribution in [0.5, 0.6) is 0 Å². The Morgan fingerprint density at radius 1 is 1.17 bits per heavy atom. The van der Waals surface area contributed by atoms with Gasteiger partial charge in [0.15, 0.2) is 16.8 Å². The number of barbiturate groups is 1. The Morgan fingerprint density at radius 2 is 1.89 bits per heavy atom. The van der Waals surface area contributed by atoms with Gasteiger partial charge < -0.3 is 18.9 Å². The van der Waals surface area contributed by atoms with Gasteiger partial charge in [-0.1, -0.05) is 27.7 Å².